The van der Waals surface area contributed by atoms with Gasteiger partial charge in [0, 0.05) is 0 Å². The number of benzene rings is 2. The first-order valence-electron chi connectivity index (χ1n) is 6.67. The summed E-state index contributed by atoms with van der Waals surface area (Å²) in [4.78, 5) is 0. The monoisotopic (exact) mass is 274 g/mol. The molecule has 2 aromatic rings. The van der Waals surface area contributed by atoms with Gasteiger partial charge in [0.15, 0.2) is 11.6 Å². The Bertz CT molecular complexity index is 564. The minimum Gasteiger partial charge on any atom is -0.494 e. The molecule has 0 aliphatic rings. The number of hydrogen-bond donors (Lipinski definition) is 1. The van der Waals surface area contributed by atoms with Crippen molar-refractivity contribution < 1.29 is 14.2 Å². The van der Waals surface area contributed by atoms with Crippen LogP contribution in [0.25, 0.3) is 0 Å². The molecule has 0 radical (unpaired) electrons. The zero-order valence-electron chi connectivity index (χ0n) is 11.8. The molecule has 2 aromatic carbocycles. The van der Waals surface area contributed by atoms with Crippen molar-refractivity contribution in [1.82, 2.24) is 0 Å². The van der Waals surface area contributed by atoms with Crippen LogP contribution in [0.3, 0.4) is 0 Å². The molecule has 1 atom stereocenters. The van der Waals surface area contributed by atoms with Gasteiger partial charge in [0.2, 0.25) is 0 Å². The Morgan fingerprint density at radius 2 is 1.85 bits per heavy atom. The molecule has 1 unspecified atom stereocenters. The van der Waals surface area contributed by atoms with Crippen molar-refractivity contribution in [1.29, 1.82) is 0 Å². The number of aryl methyl sites for hydroxylation is 2. The van der Waals surface area contributed by atoms with Crippen LogP contribution >= 0.6 is 0 Å². The maximum Gasteiger partial charge on any atom is 0.165 e. The SMILES string of the molecule is COc1ccc(C(O)CCc2ccc(C)cc2)cc1F. The van der Waals surface area contributed by atoms with Gasteiger partial charge < -0.3 is 9.84 Å². The number of hydrogen-bond acceptors (Lipinski definition) is 2. The molecule has 0 fully saturated rings. The van der Waals surface area contributed by atoms with Gasteiger partial charge in [-0.05, 0) is 43.0 Å². The van der Waals surface area contributed by atoms with E-state index in [-0.39, 0.29) is 5.75 Å². The largest absolute Gasteiger partial charge is 0.494 e. The summed E-state index contributed by atoms with van der Waals surface area (Å²) in [5.74, 6) is -0.251. The Kier molecular flexibility index (Phi) is 4.74. The van der Waals surface area contributed by atoms with Gasteiger partial charge in [-0.3, -0.25) is 0 Å². The van der Waals surface area contributed by atoms with Crippen LogP contribution in [0.5, 0.6) is 5.75 Å². The van der Waals surface area contributed by atoms with E-state index in [1.54, 1.807) is 12.1 Å². The number of rotatable bonds is 5. The molecule has 0 amide bonds. The number of aliphatic hydroxyl groups is 1. The first-order valence-corrected chi connectivity index (χ1v) is 6.67. The van der Waals surface area contributed by atoms with Crippen LogP contribution in [0.2, 0.25) is 0 Å². The van der Waals surface area contributed by atoms with E-state index in [2.05, 4.69) is 24.3 Å². The van der Waals surface area contributed by atoms with Crippen LogP contribution in [-0.4, -0.2) is 12.2 Å². The first-order chi connectivity index (χ1) is 9.60. The topological polar surface area (TPSA) is 29.5 Å². The molecule has 106 valence electrons. The minimum atomic E-state index is -0.670. The van der Waals surface area contributed by atoms with Crippen molar-refractivity contribution in [2.45, 2.75) is 25.9 Å². The molecule has 1 N–H and O–H groups in total. The maximum absolute atomic E-state index is 13.6. The smallest absolute Gasteiger partial charge is 0.165 e. The molecule has 3 heteroatoms. The Labute approximate surface area is 118 Å². The van der Waals surface area contributed by atoms with Gasteiger partial charge in [-0.25, -0.2) is 4.39 Å². The molecule has 0 aliphatic carbocycles. The van der Waals surface area contributed by atoms with E-state index in [1.165, 1.54) is 24.3 Å². The van der Waals surface area contributed by atoms with E-state index in [0.29, 0.717) is 12.0 Å². The standard InChI is InChI=1S/C17H19FO2/c1-12-3-5-13(6-4-12)7-9-16(19)14-8-10-17(20-2)15(18)11-14/h3-6,8,10-11,16,19H,7,9H2,1-2H3. The van der Waals surface area contributed by atoms with Crippen molar-refractivity contribution in [2.24, 2.45) is 0 Å². The summed E-state index contributed by atoms with van der Waals surface area (Å²) in [5, 5.41) is 10.1. The highest BCUT2D eigenvalue weighted by molar-refractivity contribution is 5.30. The third kappa shape index (κ3) is 3.58. The van der Waals surface area contributed by atoms with E-state index in [0.717, 1.165) is 6.42 Å². The average molecular weight is 274 g/mol. The molecule has 0 bridgehead atoms. The molecule has 0 aromatic heterocycles. The predicted octanol–water partition coefficient (Wildman–Crippen LogP) is 3.81. The fourth-order valence-corrected chi connectivity index (χ4v) is 2.11. The van der Waals surface area contributed by atoms with Crippen LogP contribution in [0.1, 0.15) is 29.2 Å². The number of ether oxygens (including phenoxy) is 1. The zero-order chi connectivity index (χ0) is 14.5. The Hall–Kier alpha value is -1.87. The lowest BCUT2D eigenvalue weighted by Gasteiger charge is -2.12. The van der Waals surface area contributed by atoms with Gasteiger partial charge in [-0.15, -0.1) is 0 Å². The lowest BCUT2D eigenvalue weighted by Crippen LogP contribution is -2.01. The summed E-state index contributed by atoms with van der Waals surface area (Å²) in [6.45, 7) is 2.04. The second-order valence-electron chi connectivity index (χ2n) is 4.93. The molecule has 0 saturated carbocycles. The van der Waals surface area contributed by atoms with E-state index in [4.69, 9.17) is 4.74 Å². The van der Waals surface area contributed by atoms with Gasteiger partial charge in [-0.2, -0.15) is 0 Å². The fourth-order valence-electron chi connectivity index (χ4n) is 2.11. The number of aliphatic hydroxyl groups excluding tert-OH is 1. The van der Waals surface area contributed by atoms with E-state index in [9.17, 15) is 9.50 Å². The zero-order valence-corrected chi connectivity index (χ0v) is 11.8. The lowest BCUT2D eigenvalue weighted by atomic mass is 10.0. The highest BCUT2D eigenvalue weighted by Gasteiger charge is 2.11. The van der Waals surface area contributed by atoms with Crippen LogP contribution in [0.4, 0.5) is 4.39 Å². The second kappa shape index (κ2) is 6.53. The van der Waals surface area contributed by atoms with Crippen LogP contribution < -0.4 is 4.74 Å². The van der Waals surface area contributed by atoms with Gasteiger partial charge >= 0.3 is 0 Å². The van der Waals surface area contributed by atoms with Crippen molar-refractivity contribution in [2.75, 3.05) is 7.11 Å². The molecule has 0 spiro atoms. The highest BCUT2D eigenvalue weighted by Crippen LogP contribution is 2.24. The van der Waals surface area contributed by atoms with Crippen LogP contribution in [-0.2, 0) is 6.42 Å². The van der Waals surface area contributed by atoms with Gasteiger partial charge in [-0.1, -0.05) is 35.9 Å². The van der Waals surface area contributed by atoms with Gasteiger partial charge in [0.25, 0.3) is 0 Å². The molecule has 2 rings (SSSR count). The molecule has 20 heavy (non-hydrogen) atoms. The van der Waals surface area contributed by atoms with Gasteiger partial charge in [0.05, 0.1) is 13.2 Å². The van der Waals surface area contributed by atoms with E-state index < -0.39 is 11.9 Å². The number of methoxy groups -OCH3 is 1. The molecule has 0 aliphatic heterocycles. The molecular formula is C17H19FO2. The van der Waals surface area contributed by atoms with Crippen LogP contribution in [0, 0.1) is 12.7 Å². The highest BCUT2D eigenvalue weighted by atomic mass is 19.1. The summed E-state index contributed by atoms with van der Waals surface area (Å²) >= 11 is 0. The van der Waals surface area contributed by atoms with E-state index in [1.807, 2.05) is 6.92 Å². The Morgan fingerprint density at radius 3 is 2.45 bits per heavy atom. The van der Waals surface area contributed by atoms with Crippen molar-refractivity contribution in [3.8, 4) is 5.75 Å². The molecular weight excluding hydrogens is 255 g/mol. The van der Waals surface area contributed by atoms with Crippen molar-refractivity contribution in [3.63, 3.8) is 0 Å². The summed E-state index contributed by atoms with van der Waals surface area (Å²) in [5.41, 5.74) is 2.96. The van der Waals surface area contributed by atoms with Gasteiger partial charge in [0.1, 0.15) is 0 Å². The van der Waals surface area contributed by atoms with Crippen molar-refractivity contribution >= 4 is 0 Å². The Balaban J connectivity index is 1.99. The summed E-state index contributed by atoms with van der Waals surface area (Å²) < 4.78 is 18.4. The van der Waals surface area contributed by atoms with Crippen molar-refractivity contribution in [3.05, 3.63) is 65.0 Å². The summed E-state index contributed by atoms with van der Waals surface area (Å²) in [7, 11) is 1.42. The average Bonchev–Trinajstić information content (AvgIpc) is 2.46. The second-order valence-corrected chi connectivity index (χ2v) is 4.93. The summed E-state index contributed by atoms with van der Waals surface area (Å²) in [6, 6.07) is 12.8. The third-order valence-electron chi connectivity index (χ3n) is 3.39. The predicted molar refractivity (Wildman–Crippen MR) is 77.4 cm³/mol. The normalized spacial score (nSPS) is 12.2. The third-order valence-corrected chi connectivity index (χ3v) is 3.39. The Morgan fingerprint density at radius 1 is 1.15 bits per heavy atom. The lowest BCUT2D eigenvalue weighted by molar-refractivity contribution is 0.167. The minimum absolute atomic E-state index is 0.194. The quantitative estimate of drug-likeness (QED) is 0.898. The number of halogens is 1. The molecule has 2 nitrogen and oxygen atoms in total. The van der Waals surface area contributed by atoms with Crippen LogP contribution in [0.15, 0.2) is 42.5 Å². The van der Waals surface area contributed by atoms with E-state index >= 15 is 0 Å². The maximum atomic E-state index is 13.6. The first kappa shape index (κ1) is 14.5. The molecule has 0 heterocycles. The molecule has 0 saturated heterocycles. The summed E-state index contributed by atoms with van der Waals surface area (Å²) in [6.07, 6.45) is 0.654. The fraction of sp³-hybridized carbons (Fsp3) is 0.294.